The summed E-state index contributed by atoms with van der Waals surface area (Å²) in [6.07, 6.45) is 8.55. The van der Waals surface area contributed by atoms with Gasteiger partial charge >= 0.3 is 0 Å². The van der Waals surface area contributed by atoms with Crippen molar-refractivity contribution in [3.8, 4) is 12.3 Å². The molecule has 3 heteroatoms. The number of hydrogen-bond acceptors (Lipinski definition) is 3. The Morgan fingerprint density at radius 2 is 2.53 bits per heavy atom. The minimum absolute atomic E-state index is 0.665. The van der Waals surface area contributed by atoms with Crippen LogP contribution in [0.15, 0.2) is 11.6 Å². The molecule has 0 bridgehead atoms. The standard InChI is InChI=1S/C12H20N2O/c1-3-6-13-7-10-14-8-4-12(5-9-14)11-15-2/h1,4,13H,5-11H2,2H3. The molecule has 0 fully saturated rings. The van der Waals surface area contributed by atoms with Crippen LogP contribution >= 0.6 is 0 Å². The van der Waals surface area contributed by atoms with E-state index in [1.807, 2.05) is 0 Å². The van der Waals surface area contributed by atoms with Gasteiger partial charge in [-0.25, -0.2) is 0 Å². The molecule has 0 spiro atoms. The highest BCUT2D eigenvalue weighted by Crippen LogP contribution is 2.09. The van der Waals surface area contributed by atoms with Gasteiger partial charge in [-0.15, -0.1) is 6.42 Å². The lowest BCUT2D eigenvalue weighted by Gasteiger charge is -2.26. The van der Waals surface area contributed by atoms with Crippen LogP contribution in [0.3, 0.4) is 0 Å². The fourth-order valence-electron chi connectivity index (χ4n) is 1.67. The Morgan fingerprint density at radius 3 is 3.13 bits per heavy atom. The first kappa shape index (κ1) is 12.3. The molecule has 0 aromatic heterocycles. The van der Waals surface area contributed by atoms with Crippen molar-refractivity contribution in [2.75, 3.05) is 46.4 Å². The van der Waals surface area contributed by atoms with E-state index in [-0.39, 0.29) is 0 Å². The highest BCUT2D eigenvalue weighted by molar-refractivity contribution is 5.07. The van der Waals surface area contributed by atoms with Gasteiger partial charge in [0.2, 0.25) is 0 Å². The molecule has 0 amide bonds. The topological polar surface area (TPSA) is 24.5 Å². The molecule has 0 saturated heterocycles. The summed E-state index contributed by atoms with van der Waals surface area (Å²) in [4.78, 5) is 2.42. The van der Waals surface area contributed by atoms with E-state index in [2.05, 4.69) is 22.2 Å². The van der Waals surface area contributed by atoms with E-state index in [1.165, 1.54) is 5.57 Å². The average Bonchev–Trinajstić information content (AvgIpc) is 2.27. The van der Waals surface area contributed by atoms with Crippen molar-refractivity contribution < 1.29 is 4.74 Å². The molecule has 0 saturated carbocycles. The highest BCUT2D eigenvalue weighted by atomic mass is 16.5. The van der Waals surface area contributed by atoms with Crippen LogP contribution in [0.4, 0.5) is 0 Å². The van der Waals surface area contributed by atoms with Crippen LogP contribution in [-0.4, -0.2) is 51.3 Å². The SMILES string of the molecule is C#CCNCCN1CC=C(COC)CC1. The first-order valence-corrected chi connectivity index (χ1v) is 5.40. The summed E-state index contributed by atoms with van der Waals surface area (Å²) in [5.74, 6) is 2.57. The third-order valence-electron chi connectivity index (χ3n) is 2.55. The van der Waals surface area contributed by atoms with Gasteiger partial charge in [-0.2, -0.15) is 0 Å². The summed E-state index contributed by atoms with van der Waals surface area (Å²) in [5.41, 5.74) is 1.42. The maximum Gasteiger partial charge on any atom is 0.0673 e. The summed E-state index contributed by atoms with van der Waals surface area (Å²) in [5, 5.41) is 3.20. The van der Waals surface area contributed by atoms with Crippen molar-refractivity contribution >= 4 is 0 Å². The molecule has 0 aromatic rings. The van der Waals surface area contributed by atoms with Gasteiger partial charge in [-0.05, 0) is 12.0 Å². The summed E-state index contributed by atoms with van der Waals surface area (Å²) < 4.78 is 5.11. The fourth-order valence-corrected chi connectivity index (χ4v) is 1.67. The van der Waals surface area contributed by atoms with Gasteiger partial charge in [0.25, 0.3) is 0 Å². The summed E-state index contributed by atoms with van der Waals surface area (Å²) in [6.45, 7) is 5.65. The van der Waals surface area contributed by atoms with Crippen molar-refractivity contribution in [2.45, 2.75) is 6.42 Å². The zero-order chi connectivity index (χ0) is 10.9. The number of ether oxygens (including phenoxy) is 1. The zero-order valence-corrected chi connectivity index (χ0v) is 9.46. The molecule has 0 atom stereocenters. The van der Waals surface area contributed by atoms with Gasteiger partial charge in [-0.1, -0.05) is 12.0 Å². The highest BCUT2D eigenvalue weighted by Gasteiger charge is 2.10. The third kappa shape index (κ3) is 4.98. The van der Waals surface area contributed by atoms with Crippen LogP contribution in [0.1, 0.15) is 6.42 Å². The Balaban J connectivity index is 2.12. The smallest absolute Gasteiger partial charge is 0.0673 e. The number of nitrogens with zero attached hydrogens (tertiary/aromatic N) is 1. The second kappa shape index (κ2) is 7.47. The molecule has 0 aromatic carbocycles. The van der Waals surface area contributed by atoms with E-state index >= 15 is 0 Å². The first-order chi connectivity index (χ1) is 7.36. The largest absolute Gasteiger partial charge is 0.380 e. The number of methoxy groups -OCH3 is 1. The number of terminal acetylenes is 1. The van der Waals surface area contributed by atoms with Gasteiger partial charge < -0.3 is 10.1 Å². The van der Waals surface area contributed by atoms with E-state index in [9.17, 15) is 0 Å². The Bertz CT molecular complexity index is 242. The Hall–Kier alpha value is -0.820. The van der Waals surface area contributed by atoms with Gasteiger partial charge in [0.1, 0.15) is 0 Å². The van der Waals surface area contributed by atoms with Gasteiger partial charge in [0, 0.05) is 33.3 Å². The maximum absolute atomic E-state index is 5.15. The maximum atomic E-state index is 5.15. The van der Waals surface area contributed by atoms with Crippen molar-refractivity contribution in [1.29, 1.82) is 0 Å². The lowest BCUT2D eigenvalue weighted by Crippen LogP contribution is -2.35. The van der Waals surface area contributed by atoms with E-state index < -0.39 is 0 Å². The van der Waals surface area contributed by atoms with Gasteiger partial charge in [-0.3, -0.25) is 4.90 Å². The molecule has 1 aliphatic rings. The van der Waals surface area contributed by atoms with Crippen molar-refractivity contribution in [3.05, 3.63) is 11.6 Å². The zero-order valence-electron chi connectivity index (χ0n) is 9.46. The fraction of sp³-hybridized carbons (Fsp3) is 0.667. The number of rotatable bonds is 6. The molecule has 0 unspecified atom stereocenters. The van der Waals surface area contributed by atoms with Crippen LogP contribution < -0.4 is 5.32 Å². The first-order valence-electron chi connectivity index (χ1n) is 5.40. The third-order valence-corrected chi connectivity index (χ3v) is 2.55. The van der Waals surface area contributed by atoms with Crippen LogP contribution in [0.5, 0.6) is 0 Å². The Morgan fingerprint density at radius 1 is 1.67 bits per heavy atom. The Labute approximate surface area is 92.5 Å². The van der Waals surface area contributed by atoms with E-state index in [0.29, 0.717) is 6.54 Å². The van der Waals surface area contributed by atoms with Crippen molar-refractivity contribution in [1.82, 2.24) is 10.2 Å². The predicted octanol–water partition coefficient (Wildman–Crippen LogP) is 0.488. The van der Waals surface area contributed by atoms with Crippen molar-refractivity contribution in [3.63, 3.8) is 0 Å². The van der Waals surface area contributed by atoms with Crippen molar-refractivity contribution in [2.24, 2.45) is 0 Å². The summed E-state index contributed by atoms with van der Waals surface area (Å²) in [7, 11) is 1.75. The quantitative estimate of drug-likeness (QED) is 0.390. The van der Waals surface area contributed by atoms with Crippen LogP contribution in [-0.2, 0) is 4.74 Å². The molecular weight excluding hydrogens is 188 g/mol. The molecule has 0 radical (unpaired) electrons. The predicted molar refractivity (Wildman–Crippen MR) is 62.7 cm³/mol. The molecule has 0 aliphatic carbocycles. The van der Waals surface area contributed by atoms with Crippen LogP contribution in [0, 0.1) is 12.3 Å². The molecule has 1 rings (SSSR count). The second-order valence-corrected chi connectivity index (χ2v) is 3.73. The lowest BCUT2D eigenvalue weighted by molar-refractivity contribution is 0.211. The summed E-state index contributed by atoms with van der Waals surface area (Å²) in [6, 6.07) is 0. The normalized spacial score (nSPS) is 17.2. The van der Waals surface area contributed by atoms with E-state index in [1.54, 1.807) is 7.11 Å². The average molecular weight is 208 g/mol. The summed E-state index contributed by atoms with van der Waals surface area (Å²) >= 11 is 0. The molecule has 3 nitrogen and oxygen atoms in total. The van der Waals surface area contributed by atoms with Crippen LogP contribution in [0.2, 0.25) is 0 Å². The minimum atomic E-state index is 0.665. The Kier molecular flexibility index (Phi) is 6.10. The molecule has 84 valence electrons. The minimum Gasteiger partial charge on any atom is -0.380 e. The molecule has 1 aliphatic heterocycles. The van der Waals surface area contributed by atoms with Crippen LogP contribution in [0.25, 0.3) is 0 Å². The molecule has 1 heterocycles. The monoisotopic (exact) mass is 208 g/mol. The number of hydrogen-bond donors (Lipinski definition) is 1. The molecule has 15 heavy (non-hydrogen) atoms. The molecular formula is C12H20N2O. The van der Waals surface area contributed by atoms with E-state index in [0.717, 1.165) is 39.2 Å². The van der Waals surface area contributed by atoms with Gasteiger partial charge in [0.15, 0.2) is 0 Å². The lowest BCUT2D eigenvalue weighted by atomic mass is 10.1. The molecule has 1 N–H and O–H groups in total. The van der Waals surface area contributed by atoms with Gasteiger partial charge in [0.05, 0.1) is 13.2 Å². The second-order valence-electron chi connectivity index (χ2n) is 3.73. The van der Waals surface area contributed by atoms with E-state index in [4.69, 9.17) is 11.2 Å². The number of nitrogens with one attached hydrogen (secondary N) is 1.